The van der Waals surface area contributed by atoms with Crippen LogP contribution >= 0.6 is 7.82 Å². The maximum atomic E-state index is 10.1. The predicted molar refractivity (Wildman–Crippen MR) is 101 cm³/mol. The molecule has 0 rings (SSSR count). The Kier molecular flexibility index (Phi) is 14.6. The standard InChI is InChI=1S/C14H30O.C4H11O4P/c1-14(2,3)12-10-8-6-4-5-7-9-11-13-15;1-4(2,3)8-9(5,6)7/h15H,4-13H2,1-3H3;1-3H3,(H2,5,6,7). The van der Waals surface area contributed by atoms with E-state index in [2.05, 4.69) is 25.3 Å². The number of aliphatic hydroxyl groups excluding tert-OH is 1. The van der Waals surface area contributed by atoms with Crippen LogP contribution in [0.4, 0.5) is 0 Å². The minimum atomic E-state index is -4.29. The van der Waals surface area contributed by atoms with E-state index in [-0.39, 0.29) is 0 Å². The molecule has 0 fully saturated rings. The Morgan fingerprint density at radius 3 is 1.38 bits per heavy atom. The van der Waals surface area contributed by atoms with Gasteiger partial charge in [0.25, 0.3) is 0 Å². The molecule has 5 nitrogen and oxygen atoms in total. The molecule has 0 saturated carbocycles. The van der Waals surface area contributed by atoms with E-state index in [0.717, 1.165) is 6.42 Å². The first-order chi connectivity index (χ1) is 10.8. The normalized spacial score (nSPS) is 12.7. The van der Waals surface area contributed by atoms with Crippen molar-refractivity contribution in [3.63, 3.8) is 0 Å². The first kappa shape index (κ1) is 26.3. The van der Waals surface area contributed by atoms with E-state index in [1.54, 1.807) is 20.8 Å². The van der Waals surface area contributed by atoms with Crippen molar-refractivity contribution in [3.05, 3.63) is 0 Å². The van der Waals surface area contributed by atoms with Gasteiger partial charge in [-0.1, -0.05) is 65.7 Å². The molecule has 0 aliphatic rings. The molecule has 0 aromatic heterocycles. The molecule has 0 saturated heterocycles. The molecule has 0 aromatic carbocycles. The minimum absolute atomic E-state index is 0.367. The first-order valence-corrected chi connectivity index (χ1v) is 10.7. The Morgan fingerprint density at radius 1 is 0.750 bits per heavy atom. The fourth-order valence-electron chi connectivity index (χ4n) is 2.18. The van der Waals surface area contributed by atoms with Crippen LogP contribution in [0.25, 0.3) is 0 Å². The molecule has 0 amide bonds. The molecule has 0 bridgehead atoms. The minimum Gasteiger partial charge on any atom is -0.396 e. The van der Waals surface area contributed by atoms with Crippen LogP contribution in [0.2, 0.25) is 0 Å². The molecule has 0 aliphatic heterocycles. The highest BCUT2D eigenvalue weighted by Gasteiger charge is 2.23. The lowest BCUT2D eigenvalue weighted by Gasteiger charge is -2.18. The quantitative estimate of drug-likeness (QED) is 0.353. The summed E-state index contributed by atoms with van der Waals surface area (Å²) in [6.45, 7) is 12.1. The molecular formula is C18H41O5P. The van der Waals surface area contributed by atoms with E-state index in [4.69, 9.17) is 14.9 Å². The summed E-state index contributed by atoms with van der Waals surface area (Å²) < 4.78 is 14.4. The zero-order chi connectivity index (χ0) is 19.3. The van der Waals surface area contributed by atoms with Gasteiger partial charge >= 0.3 is 7.82 Å². The second-order valence-corrected chi connectivity index (χ2v) is 9.72. The molecule has 148 valence electrons. The summed E-state index contributed by atoms with van der Waals surface area (Å²) in [4.78, 5) is 16.5. The SMILES string of the molecule is CC(C)(C)CCCCCCCCCCO.CC(C)(C)OP(=O)(O)O. The molecule has 24 heavy (non-hydrogen) atoms. The highest BCUT2D eigenvalue weighted by atomic mass is 31.2. The Hall–Kier alpha value is 0.0700. The number of hydrogen-bond acceptors (Lipinski definition) is 3. The Morgan fingerprint density at radius 2 is 1.12 bits per heavy atom. The summed E-state index contributed by atoms with van der Waals surface area (Å²) >= 11 is 0. The van der Waals surface area contributed by atoms with Crippen molar-refractivity contribution < 1.29 is 24.0 Å². The van der Waals surface area contributed by atoms with Gasteiger partial charge in [0.15, 0.2) is 0 Å². The predicted octanol–water partition coefficient (Wildman–Crippen LogP) is 5.43. The van der Waals surface area contributed by atoms with Gasteiger partial charge in [-0.15, -0.1) is 0 Å². The van der Waals surface area contributed by atoms with Gasteiger partial charge in [0.05, 0.1) is 5.60 Å². The molecular weight excluding hydrogens is 327 g/mol. The molecule has 0 atom stereocenters. The van der Waals surface area contributed by atoms with E-state index >= 15 is 0 Å². The van der Waals surface area contributed by atoms with Gasteiger partial charge in [-0.2, -0.15) is 0 Å². The zero-order valence-electron chi connectivity index (χ0n) is 16.7. The van der Waals surface area contributed by atoms with Gasteiger partial charge < -0.3 is 14.9 Å². The third kappa shape index (κ3) is 30.0. The van der Waals surface area contributed by atoms with E-state index in [0.29, 0.717) is 12.0 Å². The van der Waals surface area contributed by atoms with Crippen LogP contribution in [-0.4, -0.2) is 27.1 Å². The van der Waals surface area contributed by atoms with Crippen molar-refractivity contribution in [2.75, 3.05) is 6.61 Å². The lowest BCUT2D eigenvalue weighted by atomic mass is 9.89. The largest absolute Gasteiger partial charge is 0.470 e. The van der Waals surface area contributed by atoms with Gasteiger partial charge in [0, 0.05) is 6.61 Å². The average Bonchev–Trinajstić information content (AvgIpc) is 2.32. The van der Waals surface area contributed by atoms with Gasteiger partial charge in [-0.05, 0) is 39.0 Å². The Bertz CT molecular complexity index is 325. The van der Waals surface area contributed by atoms with Crippen LogP contribution in [0.3, 0.4) is 0 Å². The number of phosphoric acid groups is 1. The van der Waals surface area contributed by atoms with Crippen molar-refractivity contribution in [2.45, 2.75) is 105 Å². The number of unbranched alkanes of at least 4 members (excludes halogenated alkanes) is 7. The molecule has 0 spiro atoms. The second kappa shape index (κ2) is 13.3. The molecule has 3 N–H and O–H groups in total. The molecule has 0 aromatic rings. The van der Waals surface area contributed by atoms with Crippen LogP contribution in [0, 0.1) is 5.41 Å². The number of phosphoric ester groups is 1. The van der Waals surface area contributed by atoms with Crippen LogP contribution in [-0.2, 0) is 9.09 Å². The van der Waals surface area contributed by atoms with Crippen molar-refractivity contribution in [1.29, 1.82) is 0 Å². The summed E-state index contributed by atoms with van der Waals surface area (Å²) in [6.07, 6.45) is 11.8. The summed E-state index contributed by atoms with van der Waals surface area (Å²) in [5, 5.41) is 8.62. The molecule has 0 heterocycles. The fourth-order valence-corrected chi connectivity index (χ4v) is 2.90. The van der Waals surface area contributed by atoms with Crippen LogP contribution in [0.1, 0.15) is 99.3 Å². The fraction of sp³-hybridized carbons (Fsp3) is 1.00. The summed E-state index contributed by atoms with van der Waals surface area (Å²) in [7, 11) is -4.29. The van der Waals surface area contributed by atoms with E-state index in [9.17, 15) is 4.57 Å². The summed E-state index contributed by atoms with van der Waals surface area (Å²) in [5.74, 6) is 0. The Labute approximate surface area is 149 Å². The lowest BCUT2D eigenvalue weighted by Crippen LogP contribution is -2.16. The highest BCUT2D eigenvalue weighted by Crippen LogP contribution is 2.40. The average molecular weight is 368 g/mol. The van der Waals surface area contributed by atoms with Gasteiger partial charge in [-0.25, -0.2) is 4.57 Å². The van der Waals surface area contributed by atoms with Crippen molar-refractivity contribution in [1.82, 2.24) is 0 Å². The van der Waals surface area contributed by atoms with Crippen molar-refractivity contribution in [3.8, 4) is 0 Å². The first-order valence-electron chi connectivity index (χ1n) is 9.14. The van der Waals surface area contributed by atoms with Crippen molar-refractivity contribution >= 4 is 7.82 Å². The van der Waals surface area contributed by atoms with Crippen molar-refractivity contribution in [2.24, 2.45) is 5.41 Å². The van der Waals surface area contributed by atoms with E-state index in [1.165, 1.54) is 51.4 Å². The monoisotopic (exact) mass is 368 g/mol. The highest BCUT2D eigenvalue weighted by molar-refractivity contribution is 7.46. The molecule has 0 aliphatic carbocycles. The van der Waals surface area contributed by atoms with Gasteiger partial charge in [0.2, 0.25) is 0 Å². The maximum Gasteiger partial charge on any atom is 0.470 e. The number of aliphatic hydroxyl groups is 1. The lowest BCUT2D eigenvalue weighted by molar-refractivity contribution is 0.0810. The van der Waals surface area contributed by atoms with Gasteiger partial charge in [0.1, 0.15) is 0 Å². The molecule has 6 heteroatoms. The van der Waals surface area contributed by atoms with E-state index < -0.39 is 13.4 Å². The van der Waals surface area contributed by atoms with Crippen LogP contribution < -0.4 is 0 Å². The van der Waals surface area contributed by atoms with Crippen LogP contribution in [0.15, 0.2) is 0 Å². The summed E-state index contributed by atoms with van der Waals surface area (Å²) in [6, 6.07) is 0. The summed E-state index contributed by atoms with van der Waals surface area (Å²) in [5.41, 5.74) is -0.264. The Balaban J connectivity index is 0. The number of rotatable bonds is 10. The zero-order valence-corrected chi connectivity index (χ0v) is 17.6. The third-order valence-electron chi connectivity index (χ3n) is 3.23. The molecule has 0 radical (unpaired) electrons. The second-order valence-electron chi connectivity index (χ2n) is 8.56. The third-order valence-corrected chi connectivity index (χ3v) is 4.01. The van der Waals surface area contributed by atoms with Gasteiger partial charge in [-0.3, -0.25) is 4.52 Å². The van der Waals surface area contributed by atoms with E-state index in [1.807, 2.05) is 0 Å². The molecule has 0 unspecified atom stereocenters. The maximum absolute atomic E-state index is 10.1. The number of hydrogen-bond donors (Lipinski definition) is 3. The van der Waals surface area contributed by atoms with Crippen LogP contribution in [0.5, 0.6) is 0 Å². The smallest absolute Gasteiger partial charge is 0.396 e. The topological polar surface area (TPSA) is 87.0 Å².